The first-order valence-corrected chi connectivity index (χ1v) is 8.45. The second kappa shape index (κ2) is 4.48. The molecule has 1 saturated heterocycles. The summed E-state index contributed by atoms with van der Waals surface area (Å²) >= 11 is 0.879. The van der Waals surface area contributed by atoms with Gasteiger partial charge in [-0.15, -0.1) is 11.3 Å². The van der Waals surface area contributed by atoms with Crippen LogP contribution in [0.25, 0.3) is 0 Å². The highest BCUT2D eigenvalue weighted by atomic mass is 32.2. The average molecular weight is 318 g/mol. The minimum atomic E-state index is -3.79. The molecule has 1 aromatic heterocycles. The summed E-state index contributed by atoms with van der Waals surface area (Å²) in [4.78, 5) is 15.3. The SMILES string of the molecule is COC(=O)c1ncsc1S(=O)(=O)N1CC(O)(C2CC2)C1. The van der Waals surface area contributed by atoms with Gasteiger partial charge in [-0.05, 0) is 18.8 Å². The van der Waals surface area contributed by atoms with Crippen molar-refractivity contribution in [2.45, 2.75) is 22.7 Å². The number of aliphatic hydroxyl groups is 1. The van der Waals surface area contributed by atoms with Crippen LogP contribution < -0.4 is 0 Å². The summed E-state index contributed by atoms with van der Waals surface area (Å²) in [6, 6.07) is 0. The fourth-order valence-corrected chi connectivity index (χ4v) is 5.22. The topological polar surface area (TPSA) is 96.8 Å². The molecule has 20 heavy (non-hydrogen) atoms. The molecule has 9 heteroatoms. The number of thiazole rings is 1. The molecule has 1 saturated carbocycles. The maximum atomic E-state index is 12.4. The van der Waals surface area contributed by atoms with Gasteiger partial charge in [0.05, 0.1) is 18.2 Å². The van der Waals surface area contributed by atoms with E-state index in [0.717, 1.165) is 24.2 Å². The lowest BCUT2D eigenvalue weighted by molar-refractivity contribution is -0.0764. The van der Waals surface area contributed by atoms with Gasteiger partial charge in [-0.3, -0.25) is 0 Å². The Balaban J connectivity index is 1.83. The highest BCUT2D eigenvalue weighted by molar-refractivity contribution is 7.91. The summed E-state index contributed by atoms with van der Waals surface area (Å²) in [6.45, 7) is 0.164. The quantitative estimate of drug-likeness (QED) is 0.790. The first-order chi connectivity index (χ1) is 9.38. The first-order valence-electron chi connectivity index (χ1n) is 6.13. The Morgan fingerprint density at radius 3 is 2.75 bits per heavy atom. The predicted octanol–water partition coefficient (Wildman–Crippen LogP) is 0.0751. The van der Waals surface area contributed by atoms with Crippen LogP contribution in [0.3, 0.4) is 0 Å². The monoisotopic (exact) mass is 318 g/mol. The van der Waals surface area contributed by atoms with Crippen LogP contribution in [0.1, 0.15) is 23.3 Å². The second-order valence-corrected chi connectivity index (χ2v) is 8.12. The summed E-state index contributed by atoms with van der Waals surface area (Å²) < 4.78 is 30.4. The van der Waals surface area contributed by atoms with Crippen molar-refractivity contribution in [2.75, 3.05) is 20.2 Å². The van der Waals surface area contributed by atoms with E-state index in [1.165, 1.54) is 16.9 Å². The number of carbonyl (C=O) groups is 1. The molecule has 1 aliphatic carbocycles. The van der Waals surface area contributed by atoms with Crippen molar-refractivity contribution >= 4 is 27.3 Å². The molecule has 0 atom stereocenters. The third-order valence-electron chi connectivity index (χ3n) is 3.73. The highest BCUT2D eigenvalue weighted by Crippen LogP contribution is 2.46. The second-order valence-electron chi connectivity index (χ2n) is 5.13. The van der Waals surface area contributed by atoms with Crippen molar-refractivity contribution in [3.05, 3.63) is 11.2 Å². The van der Waals surface area contributed by atoms with Crippen molar-refractivity contribution in [1.82, 2.24) is 9.29 Å². The van der Waals surface area contributed by atoms with Gasteiger partial charge >= 0.3 is 5.97 Å². The van der Waals surface area contributed by atoms with E-state index in [4.69, 9.17) is 0 Å². The van der Waals surface area contributed by atoms with Gasteiger partial charge in [0, 0.05) is 13.1 Å². The van der Waals surface area contributed by atoms with Crippen molar-refractivity contribution in [3.8, 4) is 0 Å². The van der Waals surface area contributed by atoms with Crippen LogP contribution in [-0.4, -0.2) is 54.6 Å². The van der Waals surface area contributed by atoms with Gasteiger partial charge in [-0.2, -0.15) is 4.31 Å². The zero-order chi connectivity index (χ0) is 14.5. The fraction of sp³-hybridized carbons (Fsp3) is 0.636. The van der Waals surface area contributed by atoms with E-state index in [1.54, 1.807) is 0 Å². The maximum Gasteiger partial charge on any atom is 0.358 e. The van der Waals surface area contributed by atoms with Gasteiger partial charge in [-0.25, -0.2) is 18.2 Å². The molecule has 2 fully saturated rings. The Labute approximate surface area is 120 Å². The van der Waals surface area contributed by atoms with Crippen LogP contribution in [0.2, 0.25) is 0 Å². The third-order valence-corrected chi connectivity index (χ3v) is 6.86. The Morgan fingerprint density at radius 2 is 2.20 bits per heavy atom. The molecule has 0 amide bonds. The van der Waals surface area contributed by atoms with Gasteiger partial charge in [0.25, 0.3) is 10.0 Å². The van der Waals surface area contributed by atoms with Crippen LogP contribution in [0.15, 0.2) is 9.72 Å². The number of esters is 1. The summed E-state index contributed by atoms with van der Waals surface area (Å²) in [5.41, 5.74) is 0.203. The van der Waals surface area contributed by atoms with Crippen molar-refractivity contribution < 1.29 is 23.1 Å². The van der Waals surface area contributed by atoms with E-state index in [2.05, 4.69) is 9.72 Å². The molecule has 0 unspecified atom stereocenters. The maximum absolute atomic E-state index is 12.4. The molecule has 0 bridgehead atoms. The van der Waals surface area contributed by atoms with Crippen molar-refractivity contribution in [2.24, 2.45) is 5.92 Å². The van der Waals surface area contributed by atoms with E-state index in [0.29, 0.717) is 0 Å². The smallest absolute Gasteiger partial charge is 0.358 e. The lowest BCUT2D eigenvalue weighted by Gasteiger charge is -2.45. The normalized spacial score (nSPS) is 22.3. The van der Waals surface area contributed by atoms with Gasteiger partial charge < -0.3 is 9.84 Å². The van der Waals surface area contributed by atoms with Crippen molar-refractivity contribution in [1.29, 1.82) is 0 Å². The third kappa shape index (κ3) is 2.05. The number of nitrogens with zero attached hydrogens (tertiary/aromatic N) is 2. The molecule has 0 radical (unpaired) electrons. The Bertz CT molecular complexity index is 644. The largest absolute Gasteiger partial charge is 0.464 e. The molecule has 0 aromatic carbocycles. The number of aromatic nitrogens is 1. The lowest BCUT2D eigenvalue weighted by Crippen LogP contribution is -2.64. The molecule has 1 aliphatic heterocycles. The zero-order valence-corrected chi connectivity index (χ0v) is 12.4. The van der Waals surface area contributed by atoms with Gasteiger partial charge in [0.2, 0.25) is 0 Å². The molecule has 3 rings (SSSR count). The van der Waals surface area contributed by atoms with Crippen LogP contribution >= 0.6 is 11.3 Å². The minimum Gasteiger partial charge on any atom is -0.464 e. The van der Waals surface area contributed by atoms with E-state index in [-0.39, 0.29) is 28.9 Å². The van der Waals surface area contributed by atoms with Crippen molar-refractivity contribution in [3.63, 3.8) is 0 Å². The number of β-amino-alcohol motifs (C(OH)–C–C–N with tert-alkyl or cyclic N) is 1. The number of rotatable bonds is 4. The van der Waals surface area contributed by atoms with Crippen LogP contribution in [0.4, 0.5) is 0 Å². The number of ether oxygens (including phenoxy) is 1. The molecular formula is C11H14N2O5S2. The van der Waals surface area contributed by atoms with Crippen LogP contribution in [0, 0.1) is 5.92 Å². The van der Waals surface area contributed by atoms with Crippen LogP contribution in [0.5, 0.6) is 0 Å². The summed E-state index contributed by atoms with van der Waals surface area (Å²) in [6.07, 6.45) is 1.89. The fourth-order valence-electron chi connectivity index (χ4n) is 2.38. The summed E-state index contributed by atoms with van der Waals surface area (Å²) in [5.74, 6) is -0.571. The van der Waals surface area contributed by atoms with Gasteiger partial charge in [0.15, 0.2) is 9.90 Å². The van der Waals surface area contributed by atoms with Gasteiger partial charge in [-0.1, -0.05) is 0 Å². The minimum absolute atomic E-state index is 0.0819. The number of hydrogen-bond acceptors (Lipinski definition) is 7. The molecule has 1 N–H and O–H groups in total. The zero-order valence-electron chi connectivity index (χ0n) is 10.8. The summed E-state index contributed by atoms with van der Waals surface area (Å²) in [7, 11) is -2.62. The Hall–Kier alpha value is -1.03. The number of sulfonamides is 1. The van der Waals surface area contributed by atoms with E-state index < -0.39 is 21.6 Å². The lowest BCUT2D eigenvalue weighted by atomic mass is 9.91. The molecule has 110 valence electrons. The van der Waals surface area contributed by atoms with E-state index in [9.17, 15) is 18.3 Å². The average Bonchev–Trinajstić information content (AvgIpc) is 3.10. The molecule has 2 heterocycles. The number of carbonyl (C=O) groups excluding carboxylic acids is 1. The van der Waals surface area contributed by atoms with Gasteiger partial charge in [0.1, 0.15) is 0 Å². The first kappa shape index (κ1) is 13.9. The Morgan fingerprint density at radius 1 is 1.55 bits per heavy atom. The molecule has 0 spiro atoms. The van der Waals surface area contributed by atoms with E-state index in [1.807, 2.05) is 0 Å². The predicted molar refractivity (Wildman–Crippen MR) is 69.9 cm³/mol. The van der Waals surface area contributed by atoms with Crippen LogP contribution in [-0.2, 0) is 14.8 Å². The molecular weight excluding hydrogens is 304 g/mol. The summed E-state index contributed by atoms with van der Waals surface area (Å²) in [5, 5.41) is 10.2. The van der Waals surface area contributed by atoms with E-state index >= 15 is 0 Å². The molecule has 1 aromatic rings. The standard InChI is InChI=1S/C11H14N2O5S2/c1-18-9(14)8-10(19-6-12-8)20(16,17)13-4-11(15,5-13)7-2-3-7/h6-7,15H,2-5H2,1H3. The highest BCUT2D eigenvalue weighted by Gasteiger charge is 2.56. The molecule has 2 aliphatic rings. The number of hydrogen-bond donors (Lipinski definition) is 1. The number of methoxy groups -OCH3 is 1. The molecule has 7 nitrogen and oxygen atoms in total. The Kier molecular flexibility index (Phi) is 3.12.